The molecule has 0 spiro atoms. The summed E-state index contributed by atoms with van der Waals surface area (Å²) in [5, 5.41) is 3.45. The summed E-state index contributed by atoms with van der Waals surface area (Å²) in [7, 11) is 0. The smallest absolute Gasteiger partial charge is 0.128 e. The molecule has 0 aromatic carbocycles. The molecule has 1 aromatic rings. The van der Waals surface area contributed by atoms with E-state index in [1.807, 2.05) is 6.20 Å². The number of hydrogen-bond donors (Lipinski definition) is 1. The summed E-state index contributed by atoms with van der Waals surface area (Å²) in [6.07, 6.45) is 5.71. The minimum Gasteiger partial charge on any atom is -0.356 e. The van der Waals surface area contributed by atoms with Gasteiger partial charge in [0, 0.05) is 25.8 Å². The second-order valence-electron chi connectivity index (χ2n) is 6.39. The van der Waals surface area contributed by atoms with Gasteiger partial charge < -0.3 is 10.2 Å². The number of rotatable bonds is 5. The monoisotopic (exact) mass is 261 g/mol. The number of aromatic nitrogens is 1. The van der Waals surface area contributed by atoms with Crippen molar-refractivity contribution in [3.63, 3.8) is 0 Å². The van der Waals surface area contributed by atoms with Crippen LogP contribution in [0.3, 0.4) is 0 Å². The van der Waals surface area contributed by atoms with Crippen LogP contribution in [0.15, 0.2) is 18.3 Å². The Morgan fingerprint density at radius 2 is 2.26 bits per heavy atom. The molecule has 0 amide bonds. The maximum atomic E-state index is 4.56. The second-order valence-corrected chi connectivity index (χ2v) is 6.39. The molecule has 3 nitrogen and oxygen atoms in total. The molecule has 1 fully saturated rings. The maximum Gasteiger partial charge on any atom is 0.128 e. The van der Waals surface area contributed by atoms with Gasteiger partial charge in [-0.05, 0) is 48.9 Å². The highest BCUT2D eigenvalue weighted by atomic mass is 15.2. The first-order chi connectivity index (χ1) is 9.11. The first-order valence-electron chi connectivity index (χ1n) is 7.51. The minimum absolute atomic E-state index is 0.413. The van der Waals surface area contributed by atoms with E-state index in [-0.39, 0.29) is 0 Å². The fraction of sp³-hybridized carbons (Fsp3) is 0.688. The van der Waals surface area contributed by atoms with Gasteiger partial charge >= 0.3 is 0 Å². The van der Waals surface area contributed by atoms with Crippen molar-refractivity contribution >= 4 is 5.82 Å². The van der Waals surface area contributed by atoms with Gasteiger partial charge in [0.1, 0.15) is 5.82 Å². The van der Waals surface area contributed by atoms with Crippen LogP contribution in [0.5, 0.6) is 0 Å². The number of hydrogen-bond acceptors (Lipinski definition) is 3. The van der Waals surface area contributed by atoms with Crippen LogP contribution in [-0.4, -0.2) is 24.6 Å². The van der Waals surface area contributed by atoms with Crippen LogP contribution in [0.1, 0.15) is 45.6 Å². The largest absolute Gasteiger partial charge is 0.356 e. The molecule has 2 heterocycles. The van der Waals surface area contributed by atoms with E-state index in [0.29, 0.717) is 5.41 Å². The first kappa shape index (κ1) is 14.3. The predicted octanol–water partition coefficient (Wildman–Crippen LogP) is 3.21. The first-order valence-corrected chi connectivity index (χ1v) is 7.51. The highest BCUT2D eigenvalue weighted by Crippen LogP contribution is 2.30. The quantitative estimate of drug-likeness (QED) is 0.825. The van der Waals surface area contributed by atoms with Gasteiger partial charge in [-0.3, -0.25) is 0 Å². The lowest BCUT2D eigenvalue weighted by Crippen LogP contribution is -2.40. The Morgan fingerprint density at radius 3 is 3.00 bits per heavy atom. The molecule has 0 unspecified atom stereocenters. The molecule has 19 heavy (non-hydrogen) atoms. The molecular formula is C16H27N3. The van der Waals surface area contributed by atoms with Crippen LogP contribution in [0.4, 0.5) is 5.82 Å². The molecule has 3 heteroatoms. The summed E-state index contributed by atoms with van der Waals surface area (Å²) in [5.74, 6) is 1.14. The SMILES string of the molecule is CCCNCc1ccnc(N2CCCC(C)(C)C2)c1. The van der Waals surface area contributed by atoms with Crippen molar-refractivity contribution in [1.29, 1.82) is 0 Å². The van der Waals surface area contributed by atoms with Crippen LogP contribution in [0.25, 0.3) is 0 Å². The van der Waals surface area contributed by atoms with Gasteiger partial charge in [-0.1, -0.05) is 20.8 Å². The van der Waals surface area contributed by atoms with E-state index >= 15 is 0 Å². The van der Waals surface area contributed by atoms with Crippen molar-refractivity contribution in [3.8, 4) is 0 Å². The fourth-order valence-corrected chi connectivity index (χ4v) is 2.77. The molecule has 0 aliphatic carbocycles. The molecule has 1 N–H and O–H groups in total. The number of piperidine rings is 1. The van der Waals surface area contributed by atoms with Gasteiger partial charge in [-0.15, -0.1) is 0 Å². The van der Waals surface area contributed by atoms with E-state index in [0.717, 1.165) is 32.0 Å². The summed E-state index contributed by atoms with van der Waals surface area (Å²) in [5.41, 5.74) is 1.75. The molecule has 0 atom stereocenters. The average Bonchev–Trinajstić information content (AvgIpc) is 2.38. The Hall–Kier alpha value is -1.09. The van der Waals surface area contributed by atoms with Gasteiger partial charge in [-0.25, -0.2) is 4.98 Å². The van der Waals surface area contributed by atoms with E-state index in [1.165, 1.54) is 24.8 Å². The van der Waals surface area contributed by atoms with Crippen LogP contribution >= 0.6 is 0 Å². The molecule has 1 aliphatic rings. The molecule has 106 valence electrons. The summed E-state index contributed by atoms with van der Waals surface area (Å²) in [6, 6.07) is 4.35. The lowest BCUT2D eigenvalue weighted by Gasteiger charge is -2.38. The van der Waals surface area contributed by atoms with Gasteiger partial charge in [0.25, 0.3) is 0 Å². The van der Waals surface area contributed by atoms with E-state index in [2.05, 4.69) is 48.1 Å². The Labute approximate surface area is 117 Å². The van der Waals surface area contributed by atoms with Crippen molar-refractivity contribution in [2.75, 3.05) is 24.5 Å². The van der Waals surface area contributed by atoms with Crippen LogP contribution in [0, 0.1) is 5.41 Å². The van der Waals surface area contributed by atoms with Crippen molar-refractivity contribution in [2.24, 2.45) is 5.41 Å². The molecule has 1 saturated heterocycles. The average molecular weight is 261 g/mol. The number of nitrogens with zero attached hydrogens (tertiary/aromatic N) is 2. The summed E-state index contributed by atoms with van der Waals surface area (Å²) in [6.45, 7) is 11.2. The number of pyridine rings is 1. The number of anilines is 1. The topological polar surface area (TPSA) is 28.2 Å². The molecule has 0 saturated carbocycles. The van der Waals surface area contributed by atoms with E-state index < -0.39 is 0 Å². The van der Waals surface area contributed by atoms with Crippen molar-refractivity contribution < 1.29 is 0 Å². The Kier molecular flexibility index (Phi) is 4.81. The Bertz CT molecular complexity index is 401. The van der Waals surface area contributed by atoms with Gasteiger partial charge in [0.05, 0.1) is 0 Å². The minimum atomic E-state index is 0.413. The predicted molar refractivity (Wildman–Crippen MR) is 81.5 cm³/mol. The summed E-state index contributed by atoms with van der Waals surface area (Å²) in [4.78, 5) is 6.99. The van der Waals surface area contributed by atoms with Gasteiger partial charge in [0.15, 0.2) is 0 Å². The highest BCUT2D eigenvalue weighted by molar-refractivity contribution is 5.41. The molecular weight excluding hydrogens is 234 g/mol. The van der Waals surface area contributed by atoms with Gasteiger partial charge in [0.2, 0.25) is 0 Å². The van der Waals surface area contributed by atoms with Gasteiger partial charge in [-0.2, -0.15) is 0 Å². The number of nitrogens with one attached hydrogen (secondary N) is 1. The fourth-order valence-electron chi connectivity index (χ4n) is 2.77. The highest BCUT2D eigenvalue weighted by Gasteiger charge is 2.26. The summed E-state index contributed by atoms with van der Waals surface area (Å²) >= 11 is 0. The third kappa shape index (κ3) is 4.20. The van der Waals surface area contributed by atoms with Crippen molar-refractivity contribution in [3.05, 3.63) is 23.9 Å². The zero-order chi connectivity index (χ0) is 13.7. The maximum absolute atomic E-state index is 4.56. The Balaban J connectivity index is 2.01. The lowest BCUT2D eigenvalue weighted by molar-refractivity contribution is 0.292. The van der Waals surface area contributed by atoms with Crippen LogP contribution in [0.2, 0.25) is 0 Å². The normalized spacial score (nSPS) is 18.6. The van der Waals surface area contributed by atoms with Crippen LogP contribution in [-0.2, 0) is 6.54 Å². The third-order valence-electron chi connectivity index (χ3n) is 3.79. The van der Waals surface area contributed by atoms with Crippen molar-refractivity contribution in [2.45, 2.75) is 46.6 Å². The Morgan fingerprint density at radius 1 is 1.42 bits per heavy atom. The molecule has 0 bridgehead atoms. The second kappa shape index (κ2) is 6.38. The van der Waals surface area contributed by atoms with E-state index in [9.17, 15) is 0 Å². The molecule has 2 rings (SSSR count). The molecule has 1 aliphatic heterocycles. The molecule has 1 aromatic heterocycles. The summed E-state index contributed by atoms with van der Waals surface area (Å²) < 4.78 is 0. The third-order valence-corrected chi connectivity index (χ3v) is 3.79. The standard InChI is InChI=1S/C16H27N3/c1-4-8-17-12-14-6-9-18-15(11-14)19-10-5-7-16(2,3)13-19/h6,9,11,17H,4-5,7-8,10,12-13H2,1-3H3. The van der Waals surface area contributed by atoms with Crippen molar-refractivity contribution in [1.82, 2.24) is 10.3 Å². The lowest BCUT2D eigenvalue weighted by atomic mass is 9.84. The zero-order valence-electron chi connectivity index (χ0n) is 12.6. The van der Waals surface area contributed by atoms with E-state index in [1.54, 1.807) is 0 Å². The van der Waals surface area contributed by atoms with E-state index in [4.69, 9.17) is 0 Å². The zero-order valence-corrected chi connectivity index (χ0v) is 12.6. The van der Waals surface area contributed by atoms with Crippen LogP contribution < -0.4 is 10.2 Å². The molecule has 0 radical (unpaired) electrons.